The van der Waals surface area contributed by atoms with Crippen molar-refractivity contribution in [3.63, 3.8) is 0 Å². The minimum atomic E-state index is -0.826. The fourth-order valence-electron chi connectivity index (χ4n) is 1.62. The van der Waals surface area contributed by atoms with Crippen LogP contribution in [0, 0.1) is 12.7 Å². The molecule has 2 aromatic rings. The Kier molecular flexibility index (Phi) is 4.30. The number of halogens is 1. The molecular formula is C15H15FN2O2. The van der Waals surface area contributed by atoms with Gasteiger partial charge < -0.3 is 10.1 Å². The molecule has 20 heavy (non-hydrogen) atoms. The lowest BCUT2D eigenvalue weighted by atomic mass is 10.2. The van der Waals surface area contributed by atoms with Gasteiger partial charge in [-0.1, -0.05) is 18.2 Å². The Bertz CT molecular complexity index is 616. The van der Waals surface area contributed by atoms with Crippen LogP contribution in [0.2, 0.25) is 0 Å². The number of nitrogens with zero attached hydrogens (tertiary/aromatic N) is 1. The van der Waals surface area contributed by atoms with Gasteiger partial charge in [-0.2, -0.15) is 0 Å². The SMILES string of the molecule is Cc1cccnc1NC(=O)[C@H](C)Oc1ccccc1F. The standard InChI is InChI=1S/C15H15FN2O2/c1-10-6-5-9-17-14(10)18-15(19)11(2)20-13-8-4-3-7-12(13)16/h3-9,11H,1-2H3,(H,17,18,19)/t11-/m0/s1. The van der Waals surface area contributed by atoms with Crippen LogP contribution in [0.1, 0.15) is 12.5 Å². The second kappa shape index (κ2) is 6.14. The Morgan fingerprint density at radius 2 is 2.05 bits per heavy atom. The second-order valence-corrected chi connectivity index (χ2v) is 4.35. The first kappa shape index (κ1) is 14.0. The van der Waals surface area contributed by atoms with E-state index in [1.54, 1.807) is 31.3 Å². The van der Waals surface area contributed by atoms with Crippen LogP contribution in [0.3, 0.4) is 0 Å². The summed E-state index contributed by atoms with van der Waals surface area (Å²) in [6, 6.07) is 9.58. The van der Waals surface area contributed by atoms with Crippen LogP contribution in [0.5, 0.6) is 5.75 Å². The highest BCUT2D eigenvalue weighted by Crippen LogP contribution is 2.18. The number of para-hydroxylation sites is 1. The van der Waals surface area contributed by atoms with Gasteiger partial charge in [-0.05, 0) is 37.6 Å². The van der Waals surface area contributed by atoms with E-state index in [9.17, 15) is 9.18 Å². The van der Waals surface area contributed by atoms with E-state index in [-0.39, 0.29) is 11.7 Å². The third-order valence-corrected chi connectivity index (χ3v) is 2.76. The fraction of sp³-hybridized carbons (Fsp3) is 0.200. The zero-order chi connectivity index (χ0) is 14.5. The molecule has 4 nitrogen and oxygen atoms in total. The maximum absolute atomic E-state index is 13.4. The van der Waals surface area contributed by atoms with Crippen molar-refractivity contribution in [2.75, 3.05) is 5.32 Å². The predicted molar refractivity (Wildman–Crippen MR) is 74.1 cm³/mol. The monoisotopic (exact) mass is 274 g/mol. The number of anilines is 1. The molecule has 0 aliphatic rings. The topological polar surface area (TPSA) is 51.2 Å². The molecule has 0 bridgehead atoms. The summed E-state index contributed by atoms with van der Waals surface area (Å²) in [7, 11) is 0. The van der Waals surface area contributed by atoms with Gasteiger partial charge in [0.05, 0.1) is 0 Å². The van der Waals surface area contributed by atoms with E-state index in [1.165, 1.54) is 12.1 Å². The van der Waals surface area contributed by atoms with Crippen molar-refractivity contribution in [3.8, 4) is 5.75 Å². The Labute approximate surface area is 116 Å². The van der Waals surface area contributed by atoms with Crippen molar-refractivity contribution in [2.45, 2.75) is 20.0 Å². The van der Waals surface area contributed by atoms with Crippen LogP contribution in [0.15, 0.2) is 42.6 Å². The molecule has 0 aliphatic carbocycles. The van der Waals surface area contributed by atoms with E-state index < -0.39 is 11.9 Å². The van der Waals surface area contributed by atoms with Gasteiger partial charge in [0.2, 0.25) is 0 Å². The minimum Gasteiger partial charge on any atom is -0.478 e. The first-order valence-corrected chi connectivity index (χ1v) is 6.21. The van der Waals surface area contributed by atoms with Gasteiger partial charge >= 0.3 is 0 Å². The van der Waals surface area contributed by atoms with Crippen molar-refractivity contribution in [2.24, 2.45) is 0 Å². The summed E-state index contributed by atoms with van der Waals surface area (Å²) in [4.78, 5) is 16.0. The lowest BCUT2D eigenvalue weighted by molar-refractivity contribution is -0.122. The number of rotatable bonds is 4. The number of aromatic nitrogens is 1. The van der Waals surface area contributed by atoms with E-state index in [1.807, 2.05) is 13.0 Å². The van der Waals surface area contributed by atoms with Crippen molar-refractivity contribution in [1.82, 2.24) is 4.98 Å². The molecule has 1 atom stereocenters. The molecule has 0 radical (unpaired) electrons. The third kappa shape index (κ3) is 3.32. The van der Waals surface area contributed by atoms with Crippen LogP contribution in [-0.4, -0.2) is 17.0 Å². The Morgan fingerprint density at radius 1 is 1.30 bits per heavy atom. The number of amides is 1. The summed E-state index contributed by atoms with van der Waals surface area (Å²) >= 11 is 0. The van der Waals surface area contributed by atoms with Crippen molar-refractivity contribution in [3.05, 3.63) is 54.0 Å². The lowest BCUT2D eigenvalue weighted by Gasteiger charge is -2.15. The predicted octanol–water partition coefficient (Wildman–Crippen LogP) is 2.94. The van der Waals surface area contributed by atoms with Crippen LogP contribution < -0.4 is 10.1 Å². The van der Waals surface area contributed by atoms with Crippen molar-refractivity contribution < 1.29 is 13.9 Å². The molecule has 2 rings (SSSR count). The fourth-order valence-corrected chi connectivity index (χ4v) is 1.62. The molecule has 1 aromatic heterocycles. The number of hydrogen-bond donors (Lipinski definition) is 1. The molecule has 1 N–H and O–H groups in total. The third-order valence-electron chi connectivity index (χ3n) is 2.76. The average Bonchev–Trinajstić information content (AvgIpc) is 2.43. The molecule has 104 valence electrons. The summed E-state index contributed by atoms with van der Waals surface area (Å²) in [6.45, 7) is 3.39. The van der Waals surface area contributed by atoms with E-state index >= 15 is 0 Å². The summed E-state index contributed by atoms with van der Waals surface area (Å²) < 4.78 is 18.7. The van der Waals surface area contributed by atoms with Crippen LogP contribution >= 0.6 is 0 Å². The van der Waals surface area contributed by atoms with Gasteiger partial charge in [0, 0.05) is 6.20 Å². The summed E-state index contributed by atoms with van der Waals surface area (Å²) in [6.07, 6.45) is 0.763. The van der Waals surface area contributed by atoms with E-state index in [0.717, 1.165) is 5.56 Å². The zero-order valence-electron chi connectivity index (χ0n) is 11.3. The second-order valence-electron chi connectivity index (χ2n) is 4.35. The molecular weight excluding hydrogens is 259 g/mol. The number of carbonyl (C=O) groups excluding carboxylic acids is 1. The van der Waals surface area contributed by atoms with E-state index in [2.05, 4.69) is 10.3 Å². The average molecular weight is 274 g/mol. The van der Waals surface area contributed by atoms with E-state index in [0.29, 0.717) is 5.82 Å². The van der Waals surface area contributed by atoms with Gasteiger partial charge in [0.1, 0.15) is 5.82 Å². The van der Waals surface area contributed by atoms with Gasteiger partial charge in [-0.15, -0.1) is 0 Å². The highest BCUT2D eigenvalue weighted by Gasteiger charge is 2.17. The Hall–Kier alpha value is -2.43. The smallest absolute Gasteiger partial charge is 0.266 e. The van der Waals surface area contributed by atoms with Crippen molar-refractivity contribution >= 4 is 11.7 Å². The first-order valence-electron chi connectivity index (χ1n) is 6.21. The van der Waals surface area contributed by atoms with Gasteiger partial charge in [-0.3, -0.25) is 4.79 Å². The lowest BCUT2D eigenvalue weighted by Crippen LogP contribution is -2.31. The molecule has 1 aromatic carbocycles. The normalized spacial score (nSPS) is 11.8. The molecule has 0 spiro atoms. The first-order chi connectivity index (χ1) is 9.58. The quantitative estimate of drug-likeness (QED) is 0.932. The van der Waals surface area contributed by atoms with Gasteiger partial charge in [0.15, 0.2) is 17.7 Å². The Balaban J connectivity index is 2.03. The van der Waals surface area contributed by atoms with Gasteiger partial charge in [-0.25, -0.2) is 9.37 Å². The largest absolute Gasteiger partial charge is 0.478 e. The Morgan fingerprint density at radius 3 is 2.75 bits per heavy atom. The number of aryl methyl sites for hydroxylation is 1. The highest BCUT2D eigenvalue weighted by atomic mass is 19.1. The molecule has 0 unspecified atom stereocenters. The number of carbonyl (C=O) groups is 1. The molecule has 0 saturated heterocycles. The number of hydrogen-bond acceptors (Lipinski definition) is 3. The maximum atomic E-state index is 13.4. The summed E-state index contributed by atoms with van der Waals surface area (Å²) in [5.41, 5.74) is 0.846. The molecule has 1 heterocycles. The van der Waals surface area contributed by atoms with Gasteiger partial charge in [0.25, 0.3) is 5.91 Å². The molecule has 5 heteroatoms. The number of nitrogens with one attached hydrogen (secondary N) is 1. The van der Waals surface area contributed by atoms with Crippen LogP contribution in [0.4, 0.5) is 10.2 Å². The highest BCUT2D eigenvalue weighted by molar-refractivity contribution is 5.93. The minimum absolute atomic E-state index is 0.0490. The number of benzene rings is 1. The van der Waals surface area contributed by atoms with E-state index in [4.69, 9.17) is 4.74 Å². The molecule has 0 fully saturated rings. The molecule has 1 amide bonds. The maximum Gasteiger partial charge on any atom is 0.266 e. The van der Waals surface area contributed by atoms with Crippen molar-refractivity contribution in [1.29, 1.82) is 0 Å². The number of pyridine rings is 1. The van der Waals surface area contributed by atoms with Crippen LogP contribution in [-0.2, 0) is 4.79 Å². The summed E-state index contributed by atoms with van der Waals surface area (Å²) in [5.74, 6) is -0.356. The van der Waals surface area contributed by atoms with Crippen LogP contribution in [0.25, 0.3) is 0 Å². The molecule has 0 aliphatic heterocycles. The zero-order valence-corrected chi connectivity index (χ0v) is 11.3. The summed E-state index contributed by atoms with van der Waals surface area (Å²) in [5, 5.41) is 2.65. The molecule has 0 saturated carbocycles. The number of ether oxygens (including phenoxy) is 1.